The van der Waals surface area contributed by atoms with E-state index in [2.05, 4.69) is 10.0 Å². The third-order valence-electron chi connectivity index (χ3n) is 4.66. The highest BCUT2D eigenvalue weighted by atomic mass is 32.2. The third-order valence-corrected chi connectivity index (χ3v) is 6.26. The molecule has 1 atom stereocenters. The molecular formula is C22H30N2O6S. The summed E-state index contributed by atoms with van der Waals surface area (Å²) in [6.07, 6.45) is 1.32. The van der Waals surface area contributed by atoms with Gasteiger partial charge in [-0.2, -0.15) is 0 Å². The fourth-order valence-electron chi connectivity index (χ4n) is 2.71. The summed E-state index contributed by atoms with van der Waals surface area (Å²) in [5.74, 6) is 1.44. The smallest absolute Gasteiger partial charge is 0.257 e. The van der Waals surface area contributed by atoms with Crippen molar-refractivity contribution in [3.05, 3.63) is 48.0 Å². The minimum Gasteiger partial charge on any atom is -0.493 e. The predicted molar refractivity (Wildman–Crippen MR) is 118 cm³/mol. The van der Waals surface area contributed by atoms with Gasteiger partial charge in [0, 0.05) is 12.6 Å². The third kappa shape index (κ3) is 7.45. The van der Waals surface area contributed by atoms with Crippen molar-refractivity contribution >= 4 is 15.9 Å². The van der Waals surface area contributed by atoms with Gasteiger partial charge in [0.25, 0.3) is 5.91 Å². The SMILES string of the molecule is CC[C@@H](C)NS(=O)(=O)c1ccc(OCC(=O)NCCc2ccc(OC)c(OC)c2)cc1. The van der Waals surface area contributed by atoms with Crippen molar-refractivity contribution < 1.29 is 27.4 Å². The van der Waals surface area contributed by atoms with Gasteiger partial charge in [0.1, 0.15) is 5.75 Å². The first kappa shape index (κ1) is 24.5. The topological polar surface area (TPSA) is 103 Å². The molecule has 2 rings (SSSR count). The van der Waals surface area contributed by atoms with Gasteiger partial charge in [0.15, 0.2) is 18.1 Å². The lowest BCUT2D eigenvalue weighted by atomic mass is 10.1. The van der Waals surface area contributed by atoms with Crippen LogP contribution < -0.4 is 24.2 Å². The van der Waals surface area contributed by atoms with E-state index in [4.69, 9.17) is 14.2 Å². The lowest BCUT2D eigenvalue weighted by Gasteiger charge is -2.13. The molecule has 0 saturated heterocycles. The van der Waals surface area contributed by atoms with E-state index < -0.39 is 10.0 Å². The van der Waals surface area contributed by atoms with Crippen LogP contribution in [0.3, 0.4) is 0 Å². The van der Waals surface area contributed by atoms with Crippen molar-refractivity contribution in [2.45, 2.75) is 37.6 Å². The summed E-state index contributed by atoms with van der Waals surface area (Å²) in [4.78, 5) is 12.2. The maximum atomic E-state index is 12.3. The fraction of sp³-hybridized carbons (Fsp3) is 0.409. The minimum absolute atomic E-state index is 0.149. The molecule has 0 fully saturated rings. The van der Waals surface area contributed by atoms with Crippen LogP contribution in [0.2, 0.25) is 0 Å². The molecule has 0 bridgehead atoms. The van der Waals surface area contributed by atoms with E-state index in [0.29, 0.717) is 36.6 Å². The van der Waals surface area contributed by atoms with Crippen LogP contribution in [0.5, 0.6) is 17.2 Å². The van der Waals surface area contributed by atoms with Gasteiger partial charge >= 0.3 is 0 Å². The maximum absolute atomic E-state index is 12.3. The zero-order valence-corrected chi connectivity index (χ0v) is 19.1. The Morgan fingerprint density at radius 1 is 1.03 bits per heavy atom. The highest BCUT2D eigenvalue weighted by Crippen LogP contribution is 2.27. The van der Waals surface area contributed by atoms with E-state index in [1.54, 1.807) is 21.1 Å². The minimum atomic E-state index is -3.57. The Bertz CT molecular complexity index is 960. The first-order chi connectivity index (χ1) is 14.8. The summed E-state index contributed by atoms with van der Waals surface area (Å²) in [5.41, 5.74) is 1.00. The van der Waals surface area contributed by atoms with E-state index in [-0.39, 0.29) is 23.5 Å². The second-order valence-corrected chi connectivity index (χ2v) is 8.69. The van der Waals surface area contributed by atoms with Crippen molar-refractivity contribution in [3.8, 4) is 17.2 Å². The van der Waals surface area contributed by atoms with E-state index in [9.17, 15) is 13.2 Å². The molecule has 1 amide bonds. The van der Waals surface area contributed by atoms with E-state index in [0.717, 1.165) is 5.56 Å². The summed E-state index contributed by atoms with van der Waals surface area (Å²) in [6, 6.07) is 11.4. The monoisotopic (exact) mass is 450 g/mol. The molecule has 0 spiro atoms. The van der Waals surface area contributed by atoms with Gasteiger partial charge in [-0.25, -0.2) is 13.1 Å². The Hall–Kier alpha value is -2.78. The van der Waals surface area contributed by atoms with E-state index >= 15 is 0 Å². The average molecular weight is 451 g/mol. The molecule has 0 radical (unpaired) electrons. The van der Waals surface area contributed by atoms with Crippen molar-refractivity contribution in [2.24, 2.45) is 0 Å². The molecule has 9 heteroatoms. The van der Waals surface area contributed by atoms with E-state index in [1.165, 1.54) is 24.3 Å². The van der Waals surface area contributed by atoms with Crippen LogP contribution in [0.4, 0.5) is 0 Å². The largest absolute Gasteiger partial charge is 0.493 e. The molecule has 0 saturated carbocycles. The number of carbonyl (C=O) groups is 1. The molecule has 31 heavy (non-hydrogen) atoms. The molecule has 170 valence electrons. The number of nitrogens with one attached hydrogen (secondary N) is 2. The molecule has 0 aliphatic carbocycles. The molecular weight excluding hydrogens is 420 g/mol. The predicted octanol–water partition coefficient (Wildman–Crippen LogP) is 2.52. The number of hydrogen-bond donors (Lipinski definition) is 2. The number of carbonyl (C=O) groups excluding carboxylic acids is 1. The molecule has 0 heterocycles. The van der Waals surface area contributed by atoms with Gasteiger partial charge in [0.2, 0.25) is 10.0 Å². The summed E-state index contributed by atoms with van der Waals surface area (Å²) >= 11 is 0. The number of methoxy groups -OCH3 is 2. The number of hydrogen-bond acceptors (Lipinski definition) is 6. The first-order valence-electron chi connectivity index (χ1n) is 10.0. The molecule has 0 aliphatic rings. The summed E-state index contributed by atoms with van der Waals surface area (Å²) < 4.78 is 43.0. The van der Waals surface area contributed by atoms with Gasteiger partial charge in [0.05, 0.1) is 19.1 Å². The van der Waals surface area contributed by atoms with Crippen LogP contribution in [-0.2, 0) is 21.2 Å². The molecule has 0 unspecified atom stereocenters. The molecule has 8 nitrogen and oxygen atoms in total. The van der Waals surface area contributed by atoms with E-state index in [1.807, 2.05) is 25.1 Å². The van der Waals surface area contributed by atoms with Crippen molar-refractivity contribution in [1.29, 1.82) is 0 Å². The second kappa shape index (κ2) is 11.6. The van der Waals surface area contributed by atoms with Crippen molar-refractivity contribution in [3.63, 3.8) is 0 Å². The lowest BCUT2D eigenvalue weighted by Crippen LogP contribution is -2.32. The number of benzene rings is 2. The highest BCUT2D eigenvalue weighted by molar-refractivity contribution is 7.89. The van der Waals surface area contributed by atoms with Crippen molar-refractivity contribution in [2.75, 3.05) is 27.4 Å². The van der Waals surface area contributed by atoms with Crippen LogP contribution in [0, 0.1) is 0 Å². The zero-order chi connectivity index (χ0) is 22.9. The Morgan fingerprint density at radius 3 is 2.32 bits per heavy atom. The average Bonchev–Trinajstić information content (AvgIpc) is 2.77. The molecule has 2 aromatic carbocycles. The van der Waals surface area contributed by atoms with Gasteiger partial charge < -0.3 is 19.5 Å². The zero-order valence-electron chi connectivity index (χ0n) is 18.3. The number of ether oxygens (including phenoxy) is 3. The number of amides is 1. The Kier molecular flexibility index (Phi) is 9.14. The standard InChI is InChI=1S/C22H30N2O6S/c1-5-16(2)24-31(26,27)19-9-7-18(8-10-19)30-15-22(25)23-13-12-17-6-11-20(28-3)21(14-17)29-4/h6-11,14,16,24H,5,12-13,15H2,1-4H3,(H,23,25)/t16-/m1/s1. The maximum Gasteiger partial charge on any atom is 0.257 e. The molecule has 0 aromatic heterocycles. The Labute approximate surface area is 184 Å². The summed E-state index contributed by atoms with van der Waals surface area (Å²) in [6.45, 7) is 3.99. The van der Waals surface area contributed by atoms with Crippen LogP contribution >= 0.6 is 0 Å². The molecule has 2 N–H and O–H groups in total. The van der Waals surface area contributed by atoms with Crippen LogP contribution in [-0.4, -0.2) is 47.7 Å². The first-order valence-corrected chi connectivity index (χ1v) is 11.5. The quantitative estimate of drug-likeness (QED) is 0.515. The molecule has 2 aromatic rings. The van der Waals surface area contributed by atoms with Crippen LogP contribution in [0.25, 0.3) is 0 Å². The number of sulfonamides is 1. The van der Waals surface area contributed by atoms with Gasteiger partial charge in [-0.05, 0) is 61.7 Å². The highest BCUT2D eigenvalue weighted by Gasteiger charge is 2.16. The normalized spacial score (nSPS) is 12.1. The Morgan fingerprint density at radius 2 is 1.71 bits per heavy atom. The van der Waals surface area contributed by atoms with Gasteiger partial charge in [-0.1, -0.05) is 13.0 Å². The number of rotatable bonds is 12. The van der Waals surface area contributed by atoms with Crippen LogP contribution in [0.1, 0.15) is 25.8 Å². The van der Waals surface area contributed by atoms with Crippen molar-refractivity contribution in [1.82, 2.24) is 10.0 Å². The van der Waals surface area contributed by atoms with Gasteiger partial charge in [-0.3, -0.25) is 4.79 Å². The van der Waals surface area contributed by atoms with Crippen LogP contribution in [0.15, 0.2) is 47.4 Å². The summed E-state index contributed by atoms with van der Waals surface area (Å²) in [7, 11) is -0.417. The molecule has 0 aliphatic heterocycles. The Balaban J connectivity index is 1.80. The second-order valence-electron chi connectivity index (χ2n) is 6.98. The van der Waals surface area contributed by atoms with Gasteiger partial charge in [-0.15, -0.1) is 0 Å². The fourth-order valence-corrected chi connectivity index (χ4v) is 4.04. The summed E-state index contributed by atoms with van der Waals surface area (Å²) in [5, 5.41) is 2.79. The lowest BCUT2D eigenvalue weighted by molar-refractivity contribution is -0.123.